The van der Waals surface area contributed by atoms with Gasteiger partial charge in [-0.15, -0.1) is 11.8 Å². The van der Waals surface area contributed by atoms with Crippen LogP contribution in [0.4, 0.5) is 11.4 Å². The number of rotatable bonds is 3. The molecular weight excluding hydrogens is 392 g/mol. The van der Waals surface area contributed by atoms with Crippen LogP contribution in [0.1, 0.15) is 18.9 Å². The van der Waals surface area contributed by atoms with E-state index in [-0.39, 0.29) is 10.8 Å². The predicted molar refractivity (Wildman–Crippen MR) is 107 cm³/mol. The molecule has 1 N–H and O–H groups in total. The Balaban J connectivity index is 1.99. The van der Waals surface area contributed by atoms with Gasteiger partial charge in [0.05, 0.1) is 16.3 Å². The number of sulfonamides is 1. The molecule has 0 saturated heterocycles. The van der Waals surface area contributed by atoms with Crippen molar-refractivity contribution in [2.45, 2.75) is 30.1 Å². The van der Waals surface area contributed by atoms with Crippen LogP contribution in [0.25, 0.3) is 0 Å². The number of hydrogen-bond donors (Lipinski definition) is 1. The third-order valence-electron chi connectivity index (χ3n) is 4.13. The fraction of sp³-hybridized carbons (Fsp3) is 0.278. The van der Waals surface area contributed by atoms with Crippen molar-refractivity contribution in [3.05, 3.63) is 47.0 Å². The first-order valence-corrected chi connectivity index (χ1v) is 11.0. The monoisotopic (exact) mass is 410 g/mol. The lowest BCUT2D eigenvalue weighted by Gasteiger charge is -2.21. The van der Waals surface area contributed by atoms with E-state index < -0.39 is 10.0 Å². The Morgan fingerprint density at radius 1 is 1.23 bits per heavy atom. The van der Waals surface area contributed by atoms with Gasteiger partial charge in [0.1, 0.15) is 0 Å². The maximum atomic E-state index is 12.8. The van der Waals surface area contributed by atoms with Crippen LogP contribution >= 0.6 is 23.4 Å². The number of carbonyl (C=O) groups is 1. The zero-order valence-electron chi connectivity index (χ0n) is 14.5. The van der Waals surface area contributed by atoms with Gasteiger partial charge in [-0.2, -0.15) is 0 Å². The number of amides is 1. The molecule has 0 saturated carbocycles. The first-order chi connectivity index (χ1) is 12.3. The molecule has 8 heteroatoms. The van der Waals surface area contributed by atoms with E-state index in [1.807, 2.05) is 0 Å². The molecule has 0 aromatic heterocycles. The van der Waals surface area contributed by atoms with E-state index in [2.05, 4.69) is 4.72 Å². The highest BCUT2D eigenvalue weighted by molar-refractivity contribution is 7.99. The van der Waals surface area contributed by atoms with Gasteiger partial charge in [-0.1, -0.05) is 11.6 Å². The number of hydrogen-bond acceptors (Lipinski definition) is 4. The summed E-state index contributed by atoms with van der Waals surface area (Å²) in [5, 5.41) is 0.546. The van der Waals surface area contributed by atoms with Gasteiger partial charge < -0.3 is 4.90 Å². The molecule has 26 heavy (non-hydrogen) atoms. The summed E-state index contributed by atoms with van der Waals surface area (Å²) in [6.45, 7) is 3.87. The third-order valence-corrected chi connectivity index (χ3v) is 6.88. The molecule has 0 fully saturated rings. The van der Waals surface area contributed by atoms with Crippen molar-refractivity contribution < 1.29 is 13.2 Å². The highest BCUT2D eigenvalue weighted by atomic mass is 35.5. The summed E-state index contributed by atoms with van der Waals surface area (Å²) in [4.78, 5) is 14.7. The van der Waals surface area contributed by atoms with Crippen LogP contribution in [-0.2, 0) is 14.8 Å². The second-order valence-corrected chi connectivity index (χ2v) is 9.32. The Morgan fingerprint density at radius 3 is 2.69 bits per heavy atom. The van der Waals surface area contributed by atoms with Crippen molar-refractivity contribution in [2.24, 2.45) is 0 Å². The number of thioether (sulfide) groups is 1. The van der Waals surface area contributed by atoms with Crippen LogP contribution in [-0.4, -0.2) is 26.6 Å². The van der Waals surface area contributed by atoms with E-state index in [4.69, 9.17) is 11.6 Å². The van der Waals surface area contributed by atoms with E-state index >= 15 is 0 Å². The summed E-state index contributed by atoms with van der Waals surface area (Å²) in [6, 6.07) is 9.88. The highest BCUT2D eigenvalue weighted by Crippen LogP contribution is 2.36. The molecule has 1 amide bonds. The molecule has 5 nitrogen and oxygen atoms in total. The van der Waals surface area contributed by atoms with Crippen LogP contribution < -0.4 is 9.62 Å². The molecule has 1 aliphatic rings. The van der Waals surface area contributed by atoms with Gasteiger partial charge in [-0.3, -0.25) is 9.52 Å². The molecular formula is C18H19ClN2O3S2. The van der Waals surface area contributed by atoms with Gasteiger partial charge in [0.15, 0.2) is 0 Å². The molecule has 1 aliphatic heterocycles. The first kappa shape index (κ1) is 19.1. The number of benzene rings is 2. The lowest BCUT2D eigenvalue weighted by Crippen LogP contribution is -2.29. The normalized spacial score (nSPS) is 14.5. The lowest BCUT2D eigenvalue weighted by molar-refractivity contribution is -0.116. The molecule has 1 heterocycles. The number of carbonyl (C=O) groups excluding carboxylic acids is 1. The molecule has 138 valence electrons. The predicted octanol–water partition coefficient (Wildman–Crippen LogP) is 4.30. The number of anilines is 2. The van der Waals surface area contributed by atoms with Gasteiger partial charge in [0.25, 0.3) is 10.0 Å². The minimum Gasteiger partial charge on any atom is -0.311 e. The second-order valence-electron chi connectivity index (χ2n) is 6.07. The van der Waals surface area contributed by atoms with Gasteiger partial charge in [0.2, 0.25) is 5.91 Å². The van der Waals surface area contributed by atoms with Gasteiger partial charge >= 0.3 is 0 Å². The molecule has 0 radical (unpaired) electrons. The molecule has 0 aliphatic carbocycles. The SMILES string of the molecule is CC(=O)N1CCCSc2ccc(S(=O)(=O)Nc3ccc(Cl)cc3C)cc21. The molecule has 0 unspecified atom stereocenters. The van der Waals surface area contributed by atoms with Crippen molar-refractivity contribution in [3.8, 4) is 0 Å². The van der Waals surface area contributed by atoms with E-state index in [9.17, 15) is 13.2 Å². The van der Waals surface area contributed by atoms with Crippen LogP contribution in [0.3, 0.4) is 0 Å². The fourth-order valence-corrected chi connectivity index (χ4v) is 5.15. The second kappa shape index (κ2) is 7.50. The Labute approximate surface area is 162 Å². The number of halogens is 1. The van der Waals surface area contributed by atoms with Crippen molar-refractivity contribution >= 4 is 50.7 Å². The summed E-state index contributed by atoms with van der Waals surface area (Å²) < 4.78 is 28.3. The van der Waals surface area contributed by atoms with Gasteiger partial charge in [0, 0.05) is 23.4 Å². The van der Waals surface area contributed by atoms with Crippen molar-refractivity contribution in [3.63, 3.8) is 0 Å². The van der Waals surface area contributed by atoms with Crippen molar-refractivity contribution in [2.75, 3.05) is 21.9 Å². The fourth-order valence-electron chi connectivity index (χ4n) is 2.79. The Kier molecular flexibility index (Phi) is 5.50. The molecule has 0 atom stereocenters. The van der Waals surface area contributed by atoms with E-state index in [0.29, 0.717) is 22.9 Å². The van der Waals surface area contributed by atoms with E-state index in [1.54, 1.807) is 60.0 Å². The summed E-state index contributed by atoms with van der Waals surface area (Å²) in [7, 11) is -3.78. The maximum absolute atomic E-state index is 12.8. The Bertz CT molecular complexity index is 961. The summed E-state index contributed by atoms with van der Waals surface area (Å²) in [5.41, 5.74) is 1.86. The van der Waals surface area contributed by atoms with Crippen molar-refractivity contribution in [1.29, 1.82) is 0 Å². The van der Waals surface area contributed by atoms with Crippen molar-refractivity contribution in [1.82, 2.24) is 0 Å². The minimum absolute atomic E-state index is 0.0928. The number of aryl methyl sites for hydroxylation is 1. The van der Waals surface area contributed by atoms with Gasteiger partial charge in [-0.05, 0) is 61.1 Å². The maximum Gasteiger partial charge on any atom is 0.261 e. The van der Waals surface area contributed by atoms with Crippen LogP contribution in [0.5, 0.6) is 0 Å². The average Bonchev–Trinajstić information content (AvgIpc) is 2.79. The van der Waals surface area contributed by atoms with Crippen LogP contribution in [0, 0.1) is 6.92 Å². The largest absolute Gasteiger partial charge is 0.311 e. The topological polar surface area (TPSA) is 66.5 Å². The van der Waals surface area contributed by atoms with E-state index in [0.717, 1.165) is 22.6 Å². The van der Waals surface area contributed by atoms with Crippen LogP contribution in [0.2, 0.25) is 5.02 Å². The highest BCUT2D eigenvalue weighted by Gasteiger charge is 2.23. The summed E-state index contributed by atoms with van der Waals surface area (Å²) in [5.74, 6) is 0.801. The number of nitrogens with one attached hydrogen (secondary N) is 1. The summed E-state index contributed by atoms with van der Waals surface area (Å²) in [6.07, 6.45) is 0.864. The molecule has 2 aromatic carbocycles. The molecule has 2 aromatic rings. The third kappa shape index (κ3) is 4.00. The summed E-state index contributed by atoms with van der Waals surface area (Å²) >= 11 is 7.56. The quantitative estimate of drug-likeness (QED) is 0.819. The lowest BCUT2D eigenvalue weighted by atomic mass is 10.2. The molecule has 0 bridgehead atoms. The standard InChI is InChI=1S/C18H19ClN2O3S2/c1-12-10-14(19)4-6-16(12)20-26(23,24)15-5-7-18-17(11-15)21(13(2)22)8-3-9-25-18/h4-7,10-11,20H,3,8-9H2,1-2H3. The van der Waals surface area contributed by atoms with Gasteiger partial charge in [-0.25, -0.2) is 8.42 Å². The minimum atomic E-state index is -3.78. The van der Waals surface area contributed by atoms with Crippen LogP contribution in [0.15, 0.2) is 46.2 Å². The molecule has 3 rings (SSSR count). The first-order valence-electron chi connectivity index (χ1n) is 8.12. The average molecular weight is 411 g/mol. The zero-order chi connectivity index (χ0) is 18.9. The van der Waals surface area contributed by atoms with E-state index in [1.165, 1.54) is 6.92 Å². The molecule has 0 spiro atoms. The Hall–Kier alpha value is -1.70. The number of nitrogens with zero attached hydrogens (tertiary/aromatic N) is 1. The zero-order valence-corrected chi connectivity index (χ0v) is 16.8. The Morgan fingerprint density at radius 2 is 2.00 bits per heavy atom. The number of fused-ring (bicyclic) bond motifs is 1. The smallest absolute Gasteiger partial charge is 0.261 e.